The second kappa shape index (κ2) is 6.59. The second-order valence-corrected chi connectivity index (χ2v) is 6.13. The number of benzene rings is 1. The van der Waals surface area contributed by atoms with Gasteiger partial charge in [0.2, 0.25) is 0 Å². The molecule has 0 saturated carbocycles. The highest BCUT2D eigenvalue weighted by Gasteiger charge is 2.17. The normalized spacial score (nSPS) is 12.6. The second-order valence-electron chi connectivity index (χ2n) is 4.39. The SMILES string of the molecule is CCCNC(c1ccc(Br)c(F)c1)c1nc(C)cs1. The third kappa shape index (κ3) is 3.61. The molecule has 1 N–H and O–H groups in total. The number of rotatable bonds is 5. The minimum atomic E-state index is -0.242. The molecule has 0 fully saturated rings. The van der Waals surface area contributed by atoms with E-state index in [2.05, 4.69) is 33.2 Å². The molecular weight excluding hydrogens is 327 g/mol. The molecule has 1 aromatic heterocycles. The molecule has 0 aliphatic heterocycles. The topological polar surface area (TPSA) is 24.9 Å². The largest absolute Gasteiger partial charge is 0.304 e. The molecule has 2 aromatic rings. The molecule has 1 unspecified atom stereocenters. The number of nitrogens with zero attached hydrogens (tertiary/aromatic N) is 1. The first kappa shape index (κ1) is 14.6. The predicted octanol–water partition coefficient (Wildman–Crippen LogP) is 4.44. The monoisotopic (exact) mass is 342 g/mol. The molecule has 0 aliphatic rings. The minimum absolute atomic E-state index is 0.0405. The Hall–Kier alpha value is -0.780. The van der Waals surface area contributed by atoms with Crippen molar-refractivity contribution in [2.45, 2.75) is 26.3 Å². The van der Waals surface area contributed by atoms with Crippen molar-refractivity contribution in [3.63, 3.8) is 0 Å². The lowest BCUT2D eigenvalue weighted by Gasteiger charge is -2.17. The molecule has 19 heavy (non-hydrogen) atoms. The third-order valence-electron chi connectivity index (χ3n) is 2.76. The average Bonchev–Trinajstić information content (AvgIpc) is 2.80. The Morgan fingerprint density at radius 2 is 2.26 bits per heavy atom. The molecule has 1 aromatic carbocycles. The zero-order valence-corrected chi connectivity index (χ0v) is 13.3. The Labute approximate surface area is 125 Å². The van der Waals surface area contributed by atoms with Crippen LogP contribution in [0, 0.1) is 12.7 Å². The van der Waals surface area contributed by atoms with Gasteiger partial charge in [-0.2, -0.15) is 0 Å². The van der Waals surface area contributed by atoms with E-state index in [-0.39, 0.29) is 11.9 Å². The number of aromatic nitrogens is 1. The Morgan fingerprint density at radius 3 is 2.84 bits per heavy atom. The summed E-state index contributed by atoms with van der Waals surface area (Å²) in [6, 6.07) is 5.19. The average molecular weight is 343 g/mol. The number of halogens is 2. The van der Waals surface area contributed by atoms with Gasteiger partial charge in [0.15, 0.2) is 0 Å². The Morgan fingerprint density at radius 1 is 1.47 bits per heavy atom. The fourth-order valence-electron chi connectivity index (χ4n) is 1.83. The zero-order valence-electron chi connectivity index (χ0n) is 10.9. The minimum Gasteiger partial charge on any atom is -0.304 e. The maximum atomic E-state index is 13.7. The van der Waals surface area contributed by atoms with Gasteiger partial charge in [-0.15, -0.1) is 11.3 Å². The summed E-state index contributed by atoms with van der Waals surface area (Å²) >= 11 is 4.79. The van der Waals surface area contributed by atoms with Crippen LogP contribution in [0.1, 0.15) is 35.7 Å². The highest BCUT2D eigenvalue weighted by Crippen LogP contribution is 2.27. The van der Waals surface area contributed by atoms with E-state index in [0.717, 1.165) is 29.2 Å². The molecule has 1 heterocycles. The number of hydrogen-bond acceptors (Lipinski definition) is 3. The van der Waals surface area contributed by atoms with Crippen LogP contribution in [0.25, 0.3) is 0 Å². The predicted molar refractivity (Wildman–Crippen MR) is 81.1 cm³/mol. The summed E-state index contributed by atoms with van der Waals surface area (Å²) in [6.07, 6.45) is 1.03. The third-order valence-corrected chi connectivity index (χ3v) is 4.43. The van der Waals surface area contributed by atoms with Gasteiger partial charge < -0.3 is 5.32 Å². The van der Waals surface area contributed by atoms with E-state index < -0.39 is 0 Å². The summed E-state index contributed by atoms with van der Waals surface area (Å²) in [7, 11) is 0. The van der Waals surface area contributed by atoms with Crippen LogP contribution in [0.15, 0.2) is 28.1 Å². The molecule has 102 valence electrons. The van der Waals surface area contributed by atoms with Gasteiger partial charge in [-0.3, -0.25) is 0 Å². The molecule has 5 heteroatoms. The van der Waals surface area contributed by atoms with Crippen molar-refractivity contribution < 1.29 is 4.39 Å². The maximum absolute atomic E-state index is 13.7. The van der Waals surface area contributed by atoms with Gasteiger partial charge in [0.25, 0.3) is 0 Å². The zero-order chi connectivity index (χ0) is 13.8. The van der Waals surface area contributed by atoms with E-state index in [1.807, 2.05) is 18.4 Å². The lowest BCUT2D eigenvalue weighted by molar-refractivity contribution is 0.581. The van der Waals surface area contributed by atoms with Gasteiger partial charge in [-0.25, -0.2) is 9.37 Å². The fraction of sp³-hybridized carbons (Fsp3) is 0.357. The van der Waals surface area contributed by atoms with Crippen LogP contribution in [0.2, 0.25) is 0 Å². The quantitative estimate of drug-likeness (QED) is 0.868. The van der Waals surface area contributed by atoms with Crippen molar-refractivity contribution in [3.05, 3.63) is 50.1 Å². The van der Waals surface area contributed by atoms with Crippen LogP contribution in [-0.4, -0.2) is 11.5 Å². The van der Waals surface area contributed by atoms with Gasteiger partial charge in [-0.1, -0.05) is 13.0 Å². The highest BCUT2D eigenvalue weighted by molar-refractivity contribution is 9.10. The lowest BCUT2D eigenvalue weighted by atomic mass is 10.1. The first-order chi connectivity index (χ1) is 9.11. The van der Waals surface area contributed by atoms with Crippen LogP contribution in [0.5, 0.6) is 0 Å². The summed E-state index contributed by atoms with van der Waals surface area (Å²) in [5, 5.41) is 6.43. The summed E-state index contributed by atoms with van der Waals surface area (Å²) in [4.78, 5) is 4.51. The van der Waals surface area contributed by atoms with Crippen LogP contribution >= 0.6 is 27.3 Å². The van der Waals surface area contributed by atoms with E-state index in [9.17, 15) is 4.39 Å². The Balaban J connectivity index is 2.33. The van der Waals surface area contributed by atoms with Crippen LogP contribution in [-0.2, 0) is 0 Å². The molecule has 0 amide bonds. The van der Waals surface area contributed by atoms with Crippen molar-refractivity contribution in [2.75, 3.05) is 6.54 Å². The summed E-state index contributed by atoms with van der Waals surface area (Å²) < 4.78 is 14.2. The molecule has 0 spiro atoms. The number of nitrogens with one attached hydrogen (secondary N) is 1. The van der Waals surface area contributed by atoms with Gasteiger partial charge in [0, 0.05) is 11.1 Å². The van der Waals surface area contributed by atoms with E-state index >= 15 is 0 Å². The first-order valence-corrected chi connectivity index (χ1v) is 7.89. The van der Waals surface area contributed by atoms with Crippen molar-refractivity contribution in [1.82, 2.24) is 10.3 Å². The smallest absolute Gasteiger partial charge is 0.137 e. The summed E-state index contributed by atoms with van der Waals surface area (Å²) in [5.74, 6) is -0.242. The molecule has 2 nitrogen and oxygen atoms in total. The standard InChI is InChI=1S/C14H16BrFN2S/c1-3-6-17-13(14-18-9(2)8-19-14)10-4-5-11(15)12(16)7-10/h4-5,7-8,13,17H,3,6H2,1-2H3. The molecule has 0 aliphatic carbocycles. The van der Waals surface area contributed by atoms with Crippen LogP contribution in [0.4, 0.5) is 4.39 Å². The molecule has 0 saturated heterocycles. The highest BCUT2D eigenvalue weighted by atomic mass is 79.9. The van der Waals surface area contributed by atoms with Gasteiger partial charge >= 0.3 is 0 Å². The molecule has 0 bridgehead atoms. The molecule has 1 atom stereocenters. The van der Waals surface area contributed by atoms with Crippen LogP contribution in [0.3, 0.4) is 0 Å². The van der Waals surface area contributed by atoms with E-state index in [1.165, 1.54) is 0 Å². The van der Waals surface area contributed by atoms with Crippen molar-refractivity contribution in [2.24, 2.45) is 0 Å². The number of aryl methyl sites for hydroxylation is 1. The van der Waals surface area contributed by atoms with Gasteiger partial charge in [0.05, 0.1) is 10.5 Å². The summed E-state index contributed by atoms with van der Waals surface area (Å²) in [6.45, 7) is 4.96. The van der Waals surface area contributed by atoms with Gasteiger partial charge in [0.1, 0.15) is 10.8 Å². The Kier molecular flexibility index (Phi) is 5.07. The number of hydrogen-bond donors (Lipinski definition) is 1. The van der Waals surface area contributed by atoms with Crippen molar-refractivity contribution in [3.8, 4) is 0 Å². The van der Waals surface area contributed by atoms with E-state index in [1.54, 1.807) is 23.5 Å². The lowest BCUT2D eigenvalue weighted by Crippen LogP contribution is -2.23. The fourth-order valence-corrected chi connectivity index (χ4v) is 2.98. The molecule has 0 radical (unpaired) electrons. The molecular formula is C14H16BrFN2S. The first-order valence-electron chi connectivity index (χ1n) is 6.22. The van der Waals surface area contributed by atoms with E-state index in [4.69, 9.17) is 0 Å². The maximum Gasteiger partial charge on any atom is 0.137 e. The van der Waals surface area contributed by atoms with Gasteiger partial charge in [-0.05, 0) is 53.5 Å². The van der Waals surface area contributed by atoms with E-state index in [0.29, 0.717) is 4.47 Å². The number of thiazole rings is 1. The van der Waals surface area contributed by atoms with Crippen LogP contribution < -0.4 is 5.32 Å². The summed E-state index contributed by atoms with van der Waals surface area (Å²) in [5.41, 5.74) is 1.91. The van der Waals surface area contributed by atoms with Crippen molar-refractivity contribution >= 4 is 27.3 Å². The molecule has 2 rings (SSSR count). The van der Waals surface area contributed by atoms with Crippen molar-refractivity contribution in [1.29, 1.82) is 0 Å². The Bertz CT molecular complexity index is 556.